The van der Waals surface area contributed by atoms with E-state index >= 15 is 0 Å². The number of sulfone groups is 1. The number of nitrogens with one attached hydrogen (secondary N) is 1. The van der Waals surface area contributed by atoms with Crippen LogP contribution in [0.1, 0.15) is 47.5 Å². The number of esters is 2. The van der Waals surface area contributed by atoms with E-state index in [-0.39, 0.29) is 35.1 Å². The van der Waals surface area contributed by atoms with E-state index in [0.717, 1.165) is 41.0 Å². The number of aryl methyl sites for hydroxylation is 1. The maximum absolute atomic E-state index is 12.8. The summed E-state index contributed by atoms with van der Waals surface area (Å²) in [4.78, 5) is 55.5. The first-order chi connectivity index (χ1) is 20.0. The quantitative estimate of drug-likeness (QED) is 0.312. The van der Waals surface area contributed by atoms with Crippen LogP contribution >= 0.6 is 22.7 Å². The highest BCUT2D eigenvalue weighted by Gasteiger charge is 2.29. The zero-order valence-corrected chi connectivity index (χ0v) is 25.8. The third-order valence-corrected chi connectivity index (χ3v) is 9.94. The van der Waals surface area contributed by atoms with Crippen LogP contribution in [0.5, 0.6) is 5.75 Å². The second-order valence-electron chi connectivity index (χ2n) is 9.33. The minimum absolute atomic E-state index is 0.0965. The van der Waals surface area contributed by atoms with Crippen molar-refractivity contribution in [3.63, 3.8) is 0 Å². The number of benzene rings is 1. The molecule has 2 aromatic heterocycles. The number of carbonyl (C=O) groups is 4. The number of amides is 2. The molecule has 12 nitrogen and oxygen atoms in total. The van der Waals surface area contributed by atoms with E-state index in [4.69, 9.17) is 14.2 Å². The lowest BCUT2D eigenvalue weighted by atomic mass is 9.95. The molecule has 0 unspecified atom stereocenters. The molecule has 1 aliphatic carbocycles. The summed E-state index contributed by atoms with van der Waals surface area (Å²) in [6.07, 6.45) is 3.29. The first-order valence-corrected chi connectivity index (χ1v) is 16.7. The van der Waals surface area contributed by atoms with E-state index in [9.17, 15) is 27.6 Å². The van der Waals surface area contributed by atoms with Crippen LogP contribution in [0.15, 0.2) is 23.2 Å². The number of hydrogen-bond donors (Lipinski definition) is 1. The summed E-state index contributed by atoms with van der Waals surface area (Å²) in [5.41, 5.74) is 1.67. The van der Waals surface area contributed by atoms with Crippen molar-refractivity contribution < 1.29 is 41.8 Å². The number of anilines is 1. The number of thiophene rings is 1. The molecule has 1 aromatic carbocycles. The molecule has 1 aliphatic rings. The van der Waals surface area contributed by atoms with Crippen LogP contribution in [-0.4, -0.2) is 68.6 Å². The van der Waals surface area contributed by atoms with Crippen molar-refractivity contribution in [3.8, 4) is 5.75 Å². The van der Waals surface area contributed by atoms with E-state index in [2.05, 4.69) is 10.3 Å². The van der Waals surface area contributed by atoms with Gasteiger partial charge in [-0.05, 0) is 63.3 Å². The molecular weight excluding hydrogens is 607 g/mol. The predicted octanol–water partition coefficient (Wildman–Crippen LogP) is 2.87. The first-order valence-electron chi connectivity index (χ1n) is 13.3. The van der Waals surface area contributed by atoms with Crippen molar-refractivity contribution in [1.82, 2.24) is 4.57 Å². The van der Waals surface area contributed by atoms with Crippen molar-refractivity contribution in [1.29, 1.82) is 0 Å². The molecule has 1 N–H and O–H groups in total. The molecule has 0 spiro atoms. The zero-order valence-electron chi connectivity index (χ0n) is 23.4. The standard InChI is InChI=1S/C27H31N3O9S3/c1-4-38-23(33)13-30-18-11-10-16(37-3)12-20(18)41-27(30)29-22(32)15-42(35,36)14-21(31)28-25-24(26(34)39-5-2)17-8-6-7-9-19(17)40-25/h10-12H,4-9,13-15H2,1-3H3,(H,28,31). The fraction of sp³-hybridized carbons (Fsp3) is 0.444. The molecule has 42 heavy (non-hydrogen) atoms. The van der Waals surface area contributed by atoms with Gasteiger partial charge in [0.2, 0.25) is 5.91 Å². The van der Waals surface area contributed by atoms with Crippen LogP contribution in [0.4, 0.5) is 5.00 Å². The molecule has 226 valence electrons. The van der Waals surface area contributed by atoms with Gasteiger partial charge in [0.1, 0.15) is 28.8 Å². The minimum atomic E-state index is -4.23. The molecule has 2 amide bonds. The summed E-state index contributed by atoms with van der Waals surface area (Å²) in [5, 5.41) is 2.80. The van der Waals surface area contributed by atoms with Gasteiger partial charge in [-0.25, -0.2) is 13.2 Å². The topological polar surface area (TPSA) is 159 Å². The Balaban J connectivity index is 1.53. The van der Waals surface area contributed by atoms with E-state index in [1.807, 2.05) is 0 Å². The molecule has 0 radical (unpaired) electrons. The minimum Gasteiger partial charge on any atom is -0.497 e. The van der Waals surface area contributed by atoms with Gasteiger partial charge >= 0.3 is 11.9 Å². The van der Waals surface area contributed by atoms with E-state index in [0.29, 0.717) is 22.4 Å². The maximum Gasteiger partial charge on any atom is 0.341 e. The van der Waals surface area contributed by atoms with Gasteiger partial charge in [0, 0.05) is 4.88 Å². The number of nitrogens with zero attached hydrogens (tertiary/aromatic N) is 2. The van der Waals surface area contributed by atoms with Gasteiger partial charge in [0.15, 0.2) is 14.6 Å². The number of ether oxygens (including phenoxy) is 3. The Morgan fingerprint density at radius 3 is 2.48 bits per heavy atom. The Labute approximate surface area is 250 Å². The molecule has 0 bridgehead atoms. The van der Waals surface area contributed by atoms with Crippen LogP contribution in [0.2, 0.25) is 0 Å². The molecule has 3 aromatic rings. The van der Waals surface area contributed by atoms with Crippen molar-refractivity contribution in [2.45, 2.75) is 46.1 Å². The first kappa shape index (κ1) is 31.4. The molecule has 2 heterocycles. The van der Waals surface area contributed by atoms with E-state index in [1.165, 1.54) is 23.0 Å². The zero-order chi connectivity index (χ0) is 30.4. The normalized spacial score (nSPS) is 13.5. The lowest BCUT2D eigenvalue weighted by Gasteiger charge is -2.12. The molecule has 0 fully saturated rings. The van der Waals surface area contributed by atoms with Crippen molar-refractivity contribution >= 4 is 71.5 Å². The van der Waals surface area contributed by atoms with E-state index in [1.54, 1.807) is 32.0 Å². The third-order valence-electron chi connectivity index (χ3n) is 6.30. The Morgan fingerprint density at radius 1 is 1.02 bits per heavy atom. The molecule has 0 saturated heterocycles. The third kappa shape index (κ3) is 7.44. The molecular formula is C27H31N3O9S3. The summed E-state index contributed by atoms with van der Waals surface area (Å²) >= 11 is 2.32. The molecule has 0 saturated carbocycles. The van der Waals surface area contributed by atoms with Gasteiger partial charge in [-0.3, -0.25) is 14.4 Å². The van der Waals surface area contributed by atoms with Crippen molar-refractivity contribution in [2.75, 3.05) is 37.1 Å². The van der Waals surface area contributed by atoms with Crippen LogP contribution in [-0.2, 0) is 53.1 Å². The van der Waals surface area contributed by atoms with Crippen LogP contribution in [0, 0.1) is 0 Å². The predicted molar refractivity (Wildman–Crippen MR) is 158 cm³/mol. The molecule has 4 rings (SSSR count). The summed E-state index contributed by atoms with van der Waals surface area (Å²) in [6, 6.07) is 5.09. The van der Waals surface area contributed by atoms with Crippen LogP contribution in [0.25, 0.3) is 10.2 Å². The summed E-state index contributed by atoms with van der Waals surface area (Å²) in [6.45, 7) is 3.42. The summed E-state index contributed by atoms with van der Waals surface area (Å²) in [7, 11) is -2.73. The molecule has 15 heteroatoms. The number of rotatable bonds is 11. The number of methoxy groups -OCH3 is 1. The Morgan fingerprint density at radius 2 is 1.76 bits per heavy atom. The number of hydrogen-bond acceptors (Lipinski definition) is 11. The second-order valence-corrected chi connectivity index (χ2v) is 13.5. The molecule has 0 aliphatic heterocycles. The van der Waals surface area contributed by atoms with Crippen molar-refractivity contribution in [3.05, 3.63) is 39.0 Å². The Kier molecular flexibility index (Phi) is 10.2. The number of fused-ring (bicyclic) bond motifs is 2. The highest BCUT2D eigenvalue weighted by Crippen LogP contribution is 2.38. The maximum atomic E-state index is 12.8. The fourth-order valence-electron chi connectivity index (χ4n) is 4.57. The van der Waals surface area contributed by atoms with Crippen LogP contribution in [0.3, 0.4) is 0 Å². The number of carbonyl (C=O) groups excluding carboxylic acids is 4. The highest BCUT2D eigenvalue weighted by atomic mass is 32.2. The van der Waals surface area contributed by atoms with Gasteiger partial charge in [0.25, 0.3) is 5.91 Å². The lowest BCUT2D eigenvalue weighted by Crippen LogP contribution is -2.29. The molecule has 0 atom stereocenters. The lowest BCUT2D eigenvalue weighted by molar-refractivity contribution is -0.143. The largest absolute Gasteiger partial charge is 0.497 e. The van der Waals surface area contributed by atoms with Gasteiger partial charge < -0.3 is 24.1 Å². The van der Waals surface area contributed by atoms with Crippen molar-refractivity contribution in [2.24, 2.45) is 4.99 Å². The second kappa shape index (κ2) is 13.6. The van der Waals surface area contributed by atoms with Gasteiger partial charge in [-0.15, -0.1) is 11.3 Å². The number of thiazole rings is 1. The monoisotopic (exact) mass is 637 g/mol. The van der Waals surface area contributed by atoms with Gasteiger partial charge in [-0.2, -0.15) is 4.99 Å². The smallest absolute Gasteiger partial charge is 0.341 e. The van der Waals surface area contributed by atoms with Crippen LogP contribution < -0.4 is 14.9 Å². The Bertz CT molecular complexity index is 1700. The highest BCUT2D eigenvalue weighted by molar-refractivity contribution is 7.92. The fourth-order valence-corrected chi connectivity index (χ4v) is 7.95. The Hall–Kier alpha value is -3.56. The SMILES string of the molecule is CCOC(=O)Cn1c(=NC(=O)CS(=O)(=O)CC(=O)Nc2sc3c(c2C(=O)OCC)CCCC3)sc2cc(OC)ccc21. The number of aromatic nitrogens is 1. The van der Waals surface area contributed by atoms with E-state index < -0.39 is 45.1 Å². The summed E-state index contributed by atoms with van der Waals surface area (Å²) in [5.74, 6) is -4.45. The van der Waals surface area contributed by atoms with Gasteiger partial charge in [-0.1, -0.05) is 11.3 Å². The summed E-state index contributed by atoms with van der Waals surface area (Å²) < 4.78 is 43.2. The average Bonchev–Trinajstić information content (AvgIpc) is 3.44. The van der Waals surface area contributed by atoms with Gasteiger partial charge in [0.05, 0.1) is 36.1 Å². The average molecular weight is 638 g/mol.